The van der Waals surface area contributed by atoms with Gasteiger partial charge in [-0.15, -0.1) is 10.2 Å². The van der Waals surface area contributed by atoms with Crippen LogP contribution in [0.1, 0.15) is 22.9 Å². The van der Waals surface area contributed by atoms with Crippen molar-refractivity contribution in [3.8, 4) is 5.95 Å². The monoisotopic (exact) mass is 375 g/mol. The van der Waals surface area contributed by atoms with Gasteiger partial charge in [0.05, 0.1) is 18.0 Å². The number of hydrogen-bond acceptors (Lipinski definition) is 7. The SMILES string of the molecule is Cc1cc(C)n(-c2nnc(SCC(=O)N(C)Cc3ccc(C)o3)n2N)n1. The summed E-state index contributed by atoms with van der Waals surface area (Å²) in [7, 11) is 1.73. The molecule has 0 aromatic carbocycles. The second kappa shape index (κ2) is 7.24. The van der Waals surface area contributed by atoms with E-state index < -0.39 is 0 Å². The van der Waals surface area contributed by atoms with E-state index in [-0.39, 0.29) is 11.7 Å². The highest BCUT2D eigenvalue weighted by Gasteiger charge is 2.17. The normalized spacial score (nSPS) is 11.1. The lowest BCUT2D eigenvalue weighted by Gasteiger charge is -2.15. The summed E-state index contributed by atoms with van der Waals surface area (Å²) in [5.41, 5.74) is 1.77. The molecule has 0 atom stereocenters. The van der Waals surface area contributed by atoms with Crippen LogP contribution >= 0.6 is 11.8 Å². The number of nitrogen functional groups attached to an aromatic ring is 1. The summed E-state index contributed by atoms with van der Waals surface area (Å²) in [6.45, 7) is 6.09. The van der Waals surface area contributed by atoms with E-state index in [1.807, 2.05) is 39.0 Å². The second-order valence-electron chi connectivity index (χ2n) is 6.04. The van der Waals surface area contributed by atoms with Crippen LogP contribution in [0.3, 0.4) is 0 Å². The topological polar surface area (TPSA) is 108 Å². The van der Waals surface area contributed by atoms with Crippen LogP contribution in [-0.2, 0) is 11.3 Å². The molecule has 3 heterocycles. The zero-order chi connectivity index (χ0) is 18.8. The molecule has 3 rings (SSSR count). The third-order valence-electron chi connectivity index (χ3n) is 3.79. The van der Waals surface area contributed by atoms with Crippen LogP contribution in [0.2, 0.25) is 0 Å². The van der Waals surface area contributed by atoms with Crippen LogP contribution < -0.4 is 5.84 Å². The second-order valence-corrected chi connectivity index (χ2v) is 6.98. The van der Waals surface area contributed by atoms with Crippen molar-refractivity contribution >= 4 is 17.7 Å². The Hall–Kier alpha value is -2.75. The van der Waals surface area contributed by atoms with E-state index in [0.717, 1.165) is 22.9 Å². The number of aromatic nitrogens is 5. The fraction of sp³-hybridized carbons (Fsp3) is 0.375. The summed E-state index contributed by atoms with van der Waals surface area (Å²) in [6.07, 6.45) is 0. The van der Waals surface area contributed by atoms with Crippen LogP contribution in [-0.4, -0.2) is 48.3 Å². The van der Waals surface area contributed by atoms with Crippen molar-refractivity contribution < 1.29 is 9.21 Å². The van der Waals surface area contributed by atoms with Gasteiger partial charge in [0.25, 0.3) is 5.95 Å². The highest BCUT2D eigenvalue weighted by Crippen LogP contribution is 2.18. The van der Waals surface area contributed by atoms with Gasteiger partial charge in [0.15, 0.2) is 0 Å². The molecule has 0 bridgehead atoms. The fourth-order valence-electron chi connectivity index (χ4n) is 2.47. The number of amides is 1. The van der Waals surface area contributed by atoms with E-state index in [2.05, 4.69) is 15.3 Å². The number of hydrogen-bond donors (Lipinski definition) is 1. The van der Waals surface area contributed by atoms with Crippen LogP contribution in [0.15, 0.2) is 27.8 Å². The lowest BCUT2D eigenvalue weighted by molar-refractivity contribution is -0.127. The van der Waals surface area contributed by atoms with E-state index in [1.54, 1.807) is 16.6 Å². The molecule has 0 aliphatic rings. The number of aryl methyl sites for hydroxylation is 3. The van der Waals surface area contributed by atoms with E-state index in [4.69, 9.17) is 10.3 Å². The molecule has 138 valence electrons. The van der Waals surface area contributed by atoms with Gasteiger partial charge in [-0.2, -0.15) is 5.10 Å². The Kier molecular flexibility index (Phi) is 5.03. The van der Waals surface area contributed by atoms with Crippen molar-refractivity contribution in [3.05, 3.63) is 41.1 Å². The maximum atomic E-state index is 12.3. The first-order valence-corrected chi connectivity index (χ1v) is 9.00. The summed E-state index contributed by atoms with van der Waals surface area (Å²) in [5.74, 6) is 8.19. The van der Waals surface area contributed by atoms with Crippen molar-refractivity contribution in [1.82, 2.24) is 29.6 Å². The zero-order valence-corrected chi connectivity index (χ0v) is 15.9. The van der Waals surface area contributed by atoms with Crippen LogP contribution in [0, 0.1) is 20.8 Å². The highest BCUT2D eigenvalue weighted by molar-refractivity contribution is 7.99. The standard InChI is InChI=1S/C16H21N7O2S/c1-10-7-11(2)23(20-10)15-18-19-16(22(15)17)26-9-14(24)21(4)8-13-6-5-12(3)25-13/h5-7H,8-9,17H2,1-4H3. The Bertz CT molecular complexity index is 927. The van der Waals surface area contributed by atoms with Gasteiger partial charge in [-0.3, -0.25) is 4.79 Å². The van der Waals surface area contributed by atoms with Crippen molar-refractivity contribution in [3.63, 3.8) is 0 Å². The molecular formula is C16H21N7O2S. The van der Waals surface area contributed by atoms with Gasteiger partial charge < -0.3 is 15.2 Å². The first-order valence-electron chi connectivity index (χ1n) is 8.01. The minimum Gasteiger partial charge on any atom is -0.464 e. The molecule has 10 heteroatoms. The van der Waals surface area contributed by atoms with E-state index >= 15 is 0 Å². The molecule has 0 aliphatic carbocycles. The van der Waals surface area contributed by atoms with E-state index in [1.165, 1.54) is 16.4 Å². The molecule has 0 unspecified atom stereocenters. The number of furan rings is 1. The molecular weight excluding hydrogens is 354 g/mol. The third-order valence-corrected chi connectivity index (χ3v) is 4.71. The Morgan fingerprint density at radius 1 is 1.31 bits per heavy atom. The first kappa shape index (κ1) is 18.1. The number of nitrogens with zero attached hydrogens (tertiary/aromatic N) is 6. The maximum absolute atomic E-state index is 12.3. The summed E-state index contributed by atoms with van der Waals surface area (Å²) in [4.78, 5) is 13.9. The molecule has 0 spiro atoms. The summed E-state index contributed by atoms with van der Waals surface area (Å²) >= 11 is 1.23. The Balaban J connectivity index is 1.63. The van der Waals surface area contributed by atoms with Gasteiger partial charge in [-0.25, -0.2) is 9.36 Å². The van der Waals surface area contributed by atoms with Gasteiger partial charge in [-0.1, -0.05) is 11.8 Å². The molecule has 9 nitrogen and oxygen atoms in total. The molecule has 0 saturated carbocycles. The molecule has 1 amide bonds. The van der Waals surface area contributed by atoms with Crippen molar-refractivity contribution in [2.75, 3.05) is 18.6 Å². The zero-order valence-electron chi connectivity index (χ0n) is 15.1. The molecule has 0 aliphatic heterocycles. The fourth-order valence-corrected chi connectivity index (χ4v) is 3.26. The number of thioether (sulfide) groups is 1. The third kappa shape index (κ3) is 3.74. The Labute approximate surface area is 155 Å². The van der Waals surface area contributed by atoms with Gasteiger partial charge >= 0.3 is 0 Å². The number of rotatable bonds is 6. The van der Waals surface area contributed by atoms with Crippen molar-refractivity contribution in [1.29, 1.82) is 0 Å². The van der Waals surface area contributed by atoms with Crippen LogP contribution in [0.5, 0.6) is 0 Å². The summed E-state index contributed by atoms with van der Waals surface area (Å²) in [6, 6.07) is 5.67. The molecule has 3 aromatic rings. The van der Waals surface area contributed by atoms with E-state index in [0.29, 0.717) is 17.6 Å². The summed E-state index contributed by atoms with van der Waals surface area (Å²) in [5, 5.41) is 12.9. The van der Waals surface area contributed by atoms with Crippen molar-refractivity contribution in [2.45, 2.75) is 32.5 Å². The average molecular weight is 375 g/mol. The smallest absolute Gasteiger partial charge is 0.271 e. The molecule has 26 heavy (non-hydrogen) atoms. The predicted octanol–water partition coefficient (Wildman–Crippen LogP) is 1.45. The molecule has 0 fully saturated rings. The number of carbonyl (C=O) groups excluding carboxylic acids is 1. The van der Waals surface area contributed by atoms with Crippen LogP contribution in [0.4, 0.5) is 0 Å². The van der Waals surface area contributed by atoms with E-state index in [9.17, 15) is 4.79 Å². The number of carbonyl (C=O) groups is 1. The van der Waals surface area contributed by atoms with Gasteiger partial charge in [0.2, 0.25) is 11.1 Å². The van der Waals surface area contributed by atoms with Crippen molar-refractivity contribution in [2.24, 2.45) is 0 Å². The minimum atomic E-state index is -0.0558. The van der Waals surface area contributed by atoms with Crippen LogP contribution in [0.25, 0.3) is 5.95 Å². The quantitative estimate of drug-likeness (QED) is 0.513. The summed E-state index contributed by atoms with van der Waals surface area (Å²) < 4.78 is 8.46. The first-order chi connectivity index (χ1) is 12.3. The van der Waals surface area contributed by atoms with Gasteiger partial charge in [0.1, 0.15) is 11.5 Å². The molecule has 0 saturated heterocycles. The largest absolute Gasteiger partial charge is 0.464 e. The number of nitrogens with two attached hydrogens (primary N) is 1. The Morgan fingerprint density at radius 3 is 2.69 bits per heavy atom. The predicted molar refractivity (Wildman–Crippen MR) is 97.4 cm³/mol. The lowest BCUT2D eigenvalue weighted by Crippen LogP contribution is -2.28. The average Bonchev–Trinajstić information content (AvgIpc) is 3.25. The molecule has 3 aromatic heterocycles. The molecule has 2 N–H and O–H groups in total. The van der Waals surface area contributed by atoms with Gasteiger partial charge in [-0.05, 0) is 39.0 Å². The van der Waals surface area contributed by atoms with Gasteiger partial charge in [0, 0.05) is 12.7 Å². The highest BCUT2D eigenvalue weighted by atomic mass is 32.2. The minimum absolute atomic E-state index is 0.0558. The maximum Gasteiger partial charge on any atom is 0.271 e. The Morgan fingerprint density at radius 2 is 2.08 bits per heavy atom. The lowest BCUT2D eigenvalue weighted by atomic mass is 10.4. The molecule has 0 radical (unpaired) electrons.